The van der Waals surface area contributed by atoms with E-state index in [2.05, 4.69) is 72.2 Å². The average Bonchev–Trinajstić information content (AvgIpc) is 0.766. The van der Waals surface area contributed by atoms with Gasteiger partial charge < -0.3 is 48.0 Å². The van der Waals surface area contributed by atoms with Crippen molar-refractivity contribution in [1.82, 2.24) is 0 Å². The normalized spacial score (nSPS) is 13.3. The molecule has 9 aromatic carbocycles. The van der Waals surface area contributed by atoms with Gasteiger partial charge in [0.2, 0.25) is 0 Å². The number of carboxylic acid groups (broad SMARTS) is 1. The third-order valence-electron chi connectivity index (χ3n) is 15.6. The molecule has 0 amide bonds. The van der Waals surface area contributed by atoms with Gasteiger partial charge in [-0.25, -0.2) is 14.4 Å². The molecule has 3 atom stereocenters. The number of rotatable bonds is 14. The molecule has 0 saturated carbocycles. The van der Waals surface area contributed by atoms with Crippen molar-refractivity contribution in [2.45, 2.75) is 166 Å². The Morgan fingerprint density at radius 2 is 0.707 bits per heavy atom. The second-order valence-electron chi connectivity index (χ2n) is 26.9. The fourth-order valence-electron chi connectivity index (χ4n) is 11.9. The fourth-order valence-corrected chi connectivity index (χ4v) is 12.7. The summed E-state index contributed by atoms with van der Waals surface area (Å²) < 4.78 is 45.7. The molecule has 9 aromatic rings. The van der Waals surface area contributed by atoms with Crippen LogP contribution in [0.2, 0.25) is 35.5 Å². The van der Waals surface area contributed by atoms with Gasteiger partial charge in [-0.15, -0.1) is 0 Å². The van der Waals surface area contributed by atoms with Crippen molar-refractivity contribution in [2.75, 3.05) is 13.2 Å². The summed E-state index contributed by atoms with van der Waals surface area (Å²) in [4.78, 5) is 38.3. The van der Waals surface area contributed by atoms with Gasteiger partial charge in [0.25, 0.3) is 0 Å². The predicted octanol–water partition coefficient (Wildman–Crippen LogP) is 18.8. The molecule has 99 heavy (non-hydrogen) atoms. The van der Waals surface area contributed by atoms with Gasteiger partial charge in [0.05, 0.1) is 30.0 Å². The first-order chi connectivity index (χ1) is 45.5. The smallest absolute Gasteiger partial charge is 0.870 e. The van der Waals surface area contributed by atoms with Crippen molar-refractivity contribution in [2.24, 2.45) is 0 Å². The number of carbonyl (C=O) groups is 3. The molecule has 0 spiro atoms. The Hall–Kier alpha value is -5.97. The van der Waals surface area contributed by atoms with Crippen LogP contribution in [0.25, 0.3) is 65.7 Å². The average molecular weight is 1460 g/mol. The van der Waals surface area contributed by atoms with E-state index in [0.717, 1.165) is 104 Å². The summed E-state index contributed by atoms with van der Waals surface area (Å²) in [5, 5.41) is 18.4. The number of aryl methyl sites for hydroxylation is 5. The summed E-state index contributed by atoms with van der Waals surface area (Å²) in [5.41, 5.74) is 11.5. The number of ether oxygens (including phenoxy) is 5. The molecular formula is C78H90B3BrCl3LiO13. The van der Waals surface area contributed by atoms with E-state index in [1.807, 2.05) is 214 Å². The number of carbonyl (C=O) groups excluding carboxylic acids is 2. The van der Waals surface area contributed by atoms with Crippen LogP contribution in [0.4, 0.5) is 0 Å². The minimum atomic E-state index is -1.07. The Bertz CT molecular complexity index is 4060. The zero-order valence-electron chi connectivity index (χ0n) is 60.6. The topological polar surface area (TPSA) is 175 Å². The Morgan fingerprint density at radius 1 is 0.434 bits per heavy atom. The molecule has 2 N–H and O–H groups in total. The SMILES string of the molecule is CB1OB(C)OB(C)O1.CCOC(=O)C(OC(C)(C)C)c1c(C)cc2c(Br)cccc2c1-c1ccc(Cl)cc1.CCOC(=O)C(OC(C)(C)C)c1c(C)cc2c(C)cccc2c1-c1ccc(Cl)cc1.Cc1cc2c(C)cccc2c(-c2ccc(Cl)cc2)c1C(OC(C)(C)C)C(=O)O.[Li+].[OH-]. The van der Waals surface area contributed by atoms with Gasteiger partial charge in [-0.2, -0.15) is 0 Å². The number of fused-ring (bicyclic) bond motifs is 3. The van der Waals surface area contributed by atoms with E-state index in [9.17, 15) is 19.5 Å². The number of hydrogen-bond donors (Lipinski definition) is 1. The van der Waals surface area contributed by atoms with E-state index < -0.39 is 41.1 Å². The molecule has 1 heterocycles. The Labute approximate surface area is 621 Å². The minimum absolute atomic E-state index is 0. The van der Waals surface area contributed by atoms with Crippen molar-refractivity contribution < 1.29 is 81.2 Å². The number of benzene rings is 9. The van der Waals surface area contributed by atoms with E-state index in [1.54, 1.807) is 6.92 Å². The third-order valence-corrected chi connectivity index (χ3v) is 17.1. The third kappa shape index (κ3) is 22.3. The van der Waals surface area contributed by atoms with Crippen molar-refractivity contribution >= 4 is 122 Å². The fraction of sp³-hybridized carbons (Fsp3) is 0.346. The van der Waals surface area contributed by atoms with Crippen molar-refractivity contribution in [1.29, 1.82) is 0 Å². The molecule has 1 aliphatic heterocycles. The second kappa shape index (κ2) is 36.3. The van der Waals surface area contributed by atoms with E-state index in [0.29, 0.717) is 27.2 Å². The molecule has 0 bridgehead atoms. The minimum Gasteiger partial charge on any atom is -0.870 e. The molecule has 10 rings (SSSR count). The number of aliphatic carboxylic acids is 1. The van der Waals surface area contributed by atoms with E-state index >= 15 is 0 Å². The van der Waals surface area contributed by atoms with Gasteiger partial charge in [0, 0.05) is 36.2 Å². The van der Waals surface area contributed by atoms with Gasteiger partial charge >= 0.3 is 58.1 Å². The zero-order chi connectivity index (χ0) is 71.6. The Morgan fingerprint density at radius 3 is 1.00 bits per heavy atom. The molecule has 0 aromatic heterocycles. The summed E-state index contributed by atoms with van der Waals surface area (Å²) in [5.74, 6) is -1.77. The maximum Gasteiger partial charge on any atom is 1.00 e. The summed E-state index contributed by atoms with van der Waals surface area (Å²) in [7, 11) is -0.406. The Balaban J connectivity index is 0.000000249. The van der Waals surface area contributed by atoms with Gasteiger partial charge in [-0.05, 0) is 273 Å². The van der Waals surface area contributed by atoms with Crippen LogP contribution in [0.1, 0.15) is 139 Å². The molecule has 1 fully saturated rings. The maximum absolute atomic E-state index is 13.0. The molecule has 13 nitrogen and oxygen atoms in total. The standard InChI is InChI=1S/C26H29ClO3.C25H26BrClO3.C24H25ClO3.C3H9B3O3.Li.H2O/c1-7-29-25(28)24(30-26(4,5)6)22-17(3)15-21-16(2)9-8-10-20(21)23(22)18-11-13-19(27)14-12-18;1-6-29-24(28)23(30-25(3,4)5)21-15(2)14-19-18(8-7-9-20(19)26)22(21)16-10-12-17(27)13-11-16;1-14-7-6-8-18-19(14)13-15(2)20(22(23(26)27)28-24(3,4)5)21(18)16-9-11-17(25)12-10-16;1-4-7-5(2)9-6(3)8-4;;/h8-15,24H,7H2,1-6H3;7-14,23H,6H2,1-5H3;6-13,22H,1-5H3,(H,26,27);1-3H3;;1H2/q;;;;+1;/p-1. The molecule has 1 aliphatic rings. The quantitative estimate of drug-likeness (QED) is 0.0805. The molecule has 1 saturated heterocycles. The molecule has 0 radical (unpaired) electrons. The Kier molecular flexibility index (Phi) is 30.7. The van der Waals surface area contributed by atoms with Gasteiger partial charge in [-0.3, -0.25) is 0 Å². The van der Waals surface area contributed by atoms with Crippen molar-refractivity contribution in [3.8, 4) is 33.4 Å². The van der Waals surface area contributed by atoms with Crippen LogP contribution in [0.5, 0.6) is 0 Å². The number of esters is 2. The van der Waals surface area contributed by atoms with E-state index in [4.69, 9.17) is 72.2 Å². The van der Waals surface area contributed by atoms with E-state index in [1.165, 1.54) is 5.56 Å². The molecule has 21 heteroatoms. The molecule has 3 unspecified atom stereocenters. The molecule has 518 valence electrons. The predicted molar refractivity (Wildman–Crippen MR) is 406 cm³/mol. The summed E-state index contributed by atoms with van der Waals surface area (Å²) >= 11 is 22.1. The van der Waals surface area contributed by atoms with Crippen LogP contribution < -0.4 is 18.9 Å². The summed E-state index contributed by atoms with van der Waals surface area (Å²) in [6.45, 7) is 37.2. The molecule has 0 aliphatic carbocycles. The maximum atomic E-state index is 13.0. The van der Waals surface area contributed by atoms with Crippen LogP contribution in [-0.4, -0.2) is 79.9 Å². The van der Waals surface area contributed by atoms with Gasteiger partial charge in [0.15, 0.2) is 18.3 Å². The first-order valence-electron chi connectivity index (χ1n) is 32.6. The first kappa shape index (κ1) is 83.7. The van der Waals surface area contributed by atoms with Crippen LogP contribution >= 0.6 is 50.7 Å². The number of carboxylic acids is 1. The molecular weight excluding hydrogens is 1370 g/mol. The van der Waals surface area contributed by atoms with E-state index in [-0.39, 0.29) is 64.2 Å². The van der Waals surface area contributed by atoms with Crippen LogP contribution in [0.3, 0.4) is 0 Å². The van der Waals surface area contributed by atoms with Crippen LogP contribution in [0, 0.1) is 34.6 Å². The van der Waals surface area contributed by atoms with Gasteiger partial charge in [0.1, 0.15) is 0 Å². The van der Waals surface area contributed by atoms with Gasteiger partial charge in [-0.1, -0.05) is 148 Å². The monoisotopic (exact) mass is 1460 g/mol. The summed E-state index contributed by atoms with van der Waals surface area (Å²) in [6, 6.07) is 47.6. The van der Waals surface area contributed by atoms with Crippen LogP contribution in [0.15, 0.2) is 150 Å². The largest absolute Gasteiger partial charge is 1.00 e. The van der Waals surface area contributed by atoms with Crippen molar-refractivity contribution in [3.05, 3.63) is 210 Å². The first-order valence-corrected chi connectivity index (χ1v) is 34.5. The number of hydrogen-bond acceptors (Lipinski definition) is 12. The van der Waals surface area contributed by atoms with Crippen LogP contribution in [-0.2, 0) is 51.8 Å². The summed E-state index contributed by atoms with van der Waals surface area (Å²) in [6.07, 6.45) is -2.75. The van der Waals surface area contributed by atoms with Crippen molar-refractivity contribution in [3.63, 3.8) is 0 Å². The zero-order valence-corrected chi connectivity index (χ0v) is 64.5. The number of halogens is 4. The second-order valence-corrected chi connectivity index (χ2v) is 29.1.